The van der Waals surface area contributed by atoms with Gasteiger partial charge < -0.3 is 14.4 Å². The standard InChI is InChI=1S/C21H21FN4O2/c1-15-6-7-16(12-17(15)22)21(28)25-10-8-24(9-11-25)20(27)13-26-14-23-18-4-2-3-5-19(18)26/h2-7,12,14H,8-11,13H2,1H3. The van der Waals surface area contributed by atoms with Crippen LogP contribution in [0.1, 0.15) is 15.9 Å². The third-order valence-corrected chi connectivity index (χ3v) is 5.17. The van der Waals surface area contributed by atoms with Crippen LogP contribution in [0.25, 0.3) is 11.0 Å². The van der Waals surface area contributed by atoms with E-state index in [0.717, 1.165) is 11.0 Å². The van der Waals surface area contributed by atoms with Crippen molar-refractivity contribution in [2.24, 2.45) is 0 Å². The first-order chi connectivity index (χ1) is 13.5. The van der Waals surface area contributed by atoms with E-state index in [1.807, 2.05) is 28.8 Å². The van der Waals surface area contributed by atoms with Crippen LogP contribution < -0.4 is 0 Å². The van der Waals surface area contributed by atoms with Crippen molar-refractivity contribution >= 4 is 22.8 Å². The fourth-order valence-corrected chi connectivity index (χ4v) is 3.45. The summed E-state index contributed by atoms with van der Waals surface area (Å²) in [6, 6.07) is 12.2. The number of fused-ring (bicyclic) bond motifs is 1. The molecule has 4 rings (SSSR count). The molecule has 1 aliphatic heterocycles. The van der Waals surface area contributed by atoms with Crippen LogP contribution in [0.5, 0.6) is 0 Å². The number of amides is 2. The summed E-state index contributed by atoms with van der Waals surface area (Å²) < 4.78 is 15.6. The van der Waals surface area contributed by atoms with Crippen LogP contribution in [-0.4, -0.2) is 57.3 Å². The van der Waals surface area contributed by atoms with Crippen molar-refractivity contribution in [3.05, 3.63) is 65.7 Å². The molecule has 2 amide bonds. The molecule has 1 fully saturated rings. The maximum atomic E-state index is 13.7. The van der Waals surface area contributed by atoms with E-state index < -0.39 is 0 Å². The Kier molecular flexibility index (Phi) is 4.81. The summed E-state index contributed by atoms with van der Waals surface area (Å²) in [6.45, 7) is 3.68. The minimum atomic E-state index is -0.382. The summed E-state index contributed by atoms with van der Waals surface area (Å²) in [5.41, 5.74) is 2.63. The maximum Gasteiger partial charge on any atom is 0.254 e. The van der Waals surface area contributed by atoms with E-state index in [4.69, 9.17) is 0 Å². The van der Waals surface area contributed by atoms with E-state index in [-0.39, 0.29) is 24.2 Å². The summed E-state index contributed by atoms with van der Waals surface area (Å²) in [7, 11) is 0. The number of benzene rings is 2. The van der Waals surface area contributed by atoms with Gasteiger partial charge in [-0.2, -0.15) is 0 Å². The number of para-hydroxylation sites is 2. The summed E-state index contributed by atoms with van der Waals surface area (Å²) in [5, 5.41) is 0. The number of carbonyl (C=O) groups excluding carboxylic acids is 2. The lowest BCUT2D eigenvalue weighted by molar-refractivity contribution is -0.133. The number of aromatic nitrogens is 2. The maximum absolute atomic E-state index is 13.7. The number of halogens is 1. The molecule has 2 aromatic carbocycles. The lowest BCUT2D eigenvalue weighted by Crippen LogP contribution is -2.51. The molecular formula is C21H21FN4O2. The summed E-state index contributed by atoms with van der Waals surface area (Å²) in [5.74, 6) is -0.588. The van der Waals surface area contributed by atoms with Gasteiger partial charge in [0.2, 0.25) is 5.91 Å². The average Bonchev–Trinajstić information content (AvgIpc) is 3.12. The van der Waals surface area contributed by atoms with Gasteiger partial charge in [0.1, 0.15) is 12.4 Å². The van der Waals surface area contributed by atoms with Crippen molar-refractivity contribution in [3.8, 4) is 0 Å². The molecule has 28 heavy (non-hydrogen) atoms. The fraction of sp³-hybridized carbons (Fsp3) is 0.286. The second-order valence-corrected chi connectivity index (χ2v) is 7.00. The first-order valence-electron chi connectivity index (χ1n) is 9.26. The molecule has 7 heteroatoms. The van der Waals surface area contributed by atoms with Gasteiger partial charge >= 0.3 is 0 Å². The lowest BCUT2D eigenvalue weighted by Gasteiger charge is -2.35. The molecule has 0 radical (unpaired) electrons. The van der Waals surface area contributed by atoms with Crippen molar-refractivity contribution in [1.29, 1.82) is 0 Å². The van der Waals surface area contributed by atoms with Gasteiger partial charge in [-0.1, -0.05) is 18.2 Å². The quantitative estimate of drug-likeness (QED) is 0.701. The fourth-order valence-electron chi connectivity index (χ4n) is 3.45. The van der Waals surface area contributed by atoms with Crippen LogP contribution in [-0.2, 0) is 11.3 Å². The SMILES string of the molecule is Cc1ccc(C(=O)N2CCN(C(=O)Cn3cnc4ccccc43)CC2)cc1F. The number of hydrogen-bond donors (Lipinski definition) is 0. The molecule has 1 saturated heterocycles. The highest BCUT2D eigenvalue weighted by Gasteiger charge is 2.25. The monoisotopic (exact) mass is 380 g/mol. The highest BCUT2D eigenvalue weighted by Crippen LogP contribution is 2.15. The Morgan fingerprint density at radius 3 is 2.50 bits per heavy atom. The molecule has 1 aliphatic rings. The van der Waals surface area contributed by atoms with Gasteiger partial charge in [-0.25, -0.2) is 9.37 Å². The smallest absolute Gasteiger partial charge is 0.254 e. The number of imidazole rings is 1. The number of rotatable bonds is 3. The zero-order valence-corrected chi connectivity index (χ0v) is 15.6. The normalized spacial score (nSPS) is 14.5. The molecule has 0 saturated carbocycles. The molecule has 0 aliphatic carbocycles. The number of carbonyl (C=O) groups is 2. The van der Waals surface area contributed by atoms with E-state index in [0.29, 0.717) is 37.3 Å². The molecule has 1 aromatic heterocycles. The molecule has 0 bridgehead atoms. The van der Waals surface area contributed by atoms with Crippen LogP contribution in [0.2, 0.25) is 0 Å². The molecule has 6 nitrogen and oxygen atoms in total. The van der Waals surface area contributed by atoms with Gasteiger partial charge in [0.05, 0.1) is 17.4 Å². The Hall–Kier alpha value is -3.22. The van der Waals surface area contributed by atoms with Crippen LogP contribution >= 0.6 is 0 Å². The van der Waals surface area contributed by atoms with E-state index in [9.17, 15) is 14.0 Å². The average molecular weight is 380 g/mol. The largest absolute Gasteiger partial charge is 0.338 e. The van der Waals surface area contributed by atoms with E-state index in [1.165, 1.54) is 6.07 Å². The minimum Gasteiger partial charge on any atom is -0.338 e. The van der Waals surface area contributed by atoms with Gasteiger partial charge in [0, 0.05) is 31.7 Å². The molecule has 144 valence electrons. The Morgan fingerprint density at radius 1 is 1.04 bits per heavy atom. The first kappa shape index (κ1) is 18.2. The Morgan fingerprint density at radius 2 is 1.75 bits per heavy atom. The van der Waals surface area contributed by atoms with Crippen molar-refractivity contribution in [1.82, 2.24) is 19.4 Å². The molecule has 0 spiro atoms. The van der Waals surface area contributed by atoms with Crippen molar-refractivity contribution in [3.63, 3.8) is 0 Å². The molecule has 3 aromatic rings. The van der Waals surface area contributed by atoms with E-state index in [1.54, 1.807) is 35.2 Å². The number of piperazine rings is 1. The second-order valence-electron chi connectivity index (χ2n) is 7.00. The summed E-state index contributed by atoms with van der Waals surface area (Å²) >= 11 is 0. The van der Waals surface area contributed by atoms with Gasteiger partial charge in [0.25, 0.3) is 5.91 Å². The zero-order valence-electron chi connectivity index (χ0n) is 15.6. The van der Waals surface area contributed by atoms with Crippen molar-refractivity contribution in [2.75, 3.05) is 26.2 Å². The highest BCUT2D eigenvalue weighted by atomic mass is 19.1. The Bertz CT molecular complexity index is 1040. The molecule has 0 atom stereocenters. The Balaban J connectivity index is 1.37. The highest BCUT2D eigenvalue weighted by molar-refractivity contribution is 5.94. The molecule has 2 heterocycles. The van der Waals surface area contributed by atoms with E-state index in [2.05, 4.69) is 4.98 Å². The lowest BCUT2D eigenvalue weighted by atomic mass is 10.1. The number of aryl methyl sites for hydroxylation is 1. The predicted molar refractivity (Wildman–Crippen MR) is 103 cm³/mol. The summed E-state index contributed by atoms with van der Waals surface area (Å²) in [4.78, 5) is 33.0. The van der Waals surface area contributed by atoms with Crippen LogP contribution in [0.4, 0.5) is 4.39 Å². The molecular weight excluding hydrogens is 359 g/mol. The van der Waals surface area contributed by atoms with Crippen molar-refractivity contribution in [2.45, 2.75) is 13.5 Å². The molecule has 0 unspecified atom stereocenters. The van der Waals surface area contributed by atoms with Gasteiger partial charge in [-0.3, -0.25) is 9.59 Å². The number of hydrogen-bond acceptors (Lipinski definition) is 3. The topological polar surface area (TPSA) is 58.4 Å². The molecule has 0 N–H and O–H groups in total. The second kappa shape index (κ2) is 7.42. The van der Waals surface area contributed by atoms with Gasteiger partial charge in [-0.05, 0) is 36.8 Å². The Labute approximate surface area is 162 Å². The predicted octanol–water partition coefficient (Wildman–Crippen LogP) is 2.47. The number of nitrogens with zero attached hydrogens (tertiary/aromatic N) is 4. The van der Waals surface area contributed by atoms with Crippen molar-refractivity contribution < 1.29 is 14.0 Å². The summed E-state index contributed by atoms with van der Waals surface area (Å²) in [6.07, 6.45) is 1.67. The first-order valence-corrected chi connectivity index (χ1v) is 9.26. The van der Waals surface area contributed by atoms with Crippen LogP contribution in [0.3, 0.4) is 0 Å². The van der Waals surface area contributed by atoms with Gasteiger partial charge in [0.15, 0.2) is 0 Å². The third kappa shape index (κ3) is 3.47. The zero-order chi connectivity index (χ0) is 19.7. The third-order valence-electron chi connectivity index (χ3n) is 5.17. The van der Waals surface area contributed by atoms with E-state index >= 15 is 0 Å². The minimum absolute atomic E-state index is 0.00312. The van der Waals surface area contributed by atoms with Gasteiger partial charge in [-0.15, -0.1) is 0 Å². The van der Waals surface area contributed by atoms with Crippen LogP contribution in [0, 0.1) is 12.7 Å². The van der Waals surface area contributed by atoms with Crippen LogP contribution in [0.15, 0.2) is 48.8 Å².